The molecule has 0 aromatic heterocycles. The van der Waals surface area contributed by atoms with Crippen molar-refractivity contribution in [2.75, 3.05) is 0 Å². The average molecular weight is 301 g/mol. The second-order valence-electron chi connectivity index (χ2n) is 3.60. The number of carboxylic acid groups (broad SMARTS) is 1. The molecule has 2 rings (SSSR count). The quantitative estimate of drug-likeness (QED) is 0.899. The van der Waals surface area contributed by atoms with Crippen LogP contribution in [0.15, 0.2) is 36.4 Å². The lowest BCUT2D eigenvalue weighted by molar-refractivity contribution is 0.0694. The van der Waals surface area contributed by atoms with Crippen LogP contribution in [-0.2, 0) is 0 Å². The smallest absolute Gasteiger partial charge is 0.341 e. The monoisotopic (exact) mass is 300 g/mol. The lowest BCUT2D eigenvalue weighted by atomic mass is 10.2. The van der Waals surface area contributed by atoms with Crippen LogP contribution in [0.25, 0.3) is 0 Å². The van der Waals surface area contributed by atoms with Gasteiger partial charge in [-0.05, 0) is 24.3 Å². The predicted octanol–water partition coefficient (Wildman–Crippen LogP) is 4.62. The number of hydrogen-bond acceptors (Lipinski definition) is 2. The standard InChI is InChI=1S/C13H7Cl2FO3/c14-8-5-4-7(6-10(8)16)19-11-3-1-2-9(15)12(11)13(17)18/h1-6H,(H,17,18). The van der Waals surface area contributed by atoms with Gasteiger partial charge in [-0.3, -0.25) is 0 Å². The first-order valence-corrected chi connectivity index (χ1v) is 5.89. The van der Waals surface area contributed by atoms with Crippen molar-refractivity contribution < 1.29 is 19.0 Å². The Morgan fingerprint density at radius 3 is 2.53 bits per heavy atom. The van der Waals surface area contributed by atoms with Gasteiger partial charge in [-0.2, -0.15) is 0 Å². The summed E-state index contributed by atoms with van der Waals surface area (Å²) in [6.07, 6.45) is 0. The Morgan fingerprint density at radius 1 is 1.16 bits per heavy atom. The number of carbonyl (C=O) groups is 1. The van der Waals surface area contributed by atoms with Crippen molar-refractivity contribution in [2.24, 2.45) is 0 Å². The van der Waals surface area contributed by atoms with Gasteiger partial charge in [0.1, 0.15) is 22.9 Å². The highest BCUT2D eigenvalue weighted by molar-refractivity contribution is 6.33. The summed E-state index contributed by atoms with van der Waals surface area (Å²) in [5.41, 5.74) is -0.181. The number of benzene rings is 2. The van der Waals surface area contributed by atoms with Crippen LogP contribution in [0.1, 0.15) is 10.4 Å². The summed E-state index contributed by atoms with van der Waals surface area (Å²) >= 11 is 11.3. The van der Waals surface area contributed by atoms with Gasteiger partial charge in [0.15, 0.2) is 0 Å². The fourth-order valence-electron chi connectivity index (χ4n) is 1.46. The Bertz CT molecular complexity index is 644. The summed E-state index contributed by atoms with van der Waals surface area (Å²) in [5, 5.41) is 9.06. The van der Waals surface area contributed by atoms with E-state index in [2.05, 4.69) is 0 Å². The number of carboxylic acids is 1. The maximum atomic E-state index is 13.3. The van der Waals surface area contributed by atoms with Gasteiger partial charge in [0.2, 0.25) is 0 Å². The van der Waals surface area contributed by atoms with Crippen molar-refractivity contribution in [2.45, 2.75) is 0 Å². The fourth-order valence-corrected chi connectivity index (χ4v) is 1.83. The van der Waals surface area contributed by atoms with Crippen molar-refractivity contribution in [1.29, 1.82) is 0 Å². The largest absolute Gasteiger partial charge is 0.478 e. The third-order valence-electron chi connectivity index (χ3n) is 2.31. The maximum Gasteiger partial charge on any atom is 0.341 e. The summed E-state index contributed by atoms with van der Waals surface area (Å²) in [4.78, 5) is 11.1. The van der Waals surface area contributed by atoms with Crippen LogP contribution in [0.2, 0.25) is 10.0 Å². The van der Waals surface area contributed by atoms with Crippen molar-refractivity contribution in [3.8, 4) is 11.5 Å². The van der Waals surface area contributed by atoms with Crippen LogP contribution in [0.5, 0.6) is 11.5 Å². The van der Waals surface area contributed by atoms with Gasteiger partial charge in [0.05, 0.1) is 10.0 Å². The highest BCUT2D eigenvalue weighted by Gasteiger charge is 2.16. The molecule has 0 aliphatic carbocycles. The minimum Gasteiger partial charge on any atom is -0.478 e. The minimum absolute atomic E-state index is 0.0294. The first-order valence-electron chi connectivity index (χ1n) is 5.13. The van der Waals surface area contributed by atoms with Crippen molar-refractivity contribution in [3.05, 3.63) is 57.8 Å². The molecule has 0 unspecified atom stereocenters. The average Bonchev–Trinajstić information content (AvgIpc) is 2.33. The highest BCUT2D eigenvalue weighted by atomic mass is 35.5. The van der Waals surface area contributed by atoms with E-state index in [0.717, 1.165) is 6.07 Å². The van der Waals surface area contributed by atoms with E-state index in [1.54, 1.807) is 0 Å². The van der Waals surface area contributed by atoms with Gasteiger partial charge in [0, 0.05) is 6.07 Å². The third-order valence-corrected chi connectivity index (χ3v) is 2.93. The van der Waals surface area contributed by atoms with Crippen LogP contribution in [0.4, 0.5) is 4.39 Å². The number of halogens is 3. The fraction of sp³-hybridized carbons (Fsp3) is 0. The number of aromatic carboxylic acids is 1. The Hall–Kier alpha value is -1.78. The lowest BCUT2D eigenvalue weighted by Crippen LogP contribution is -2.01. The second kappa shape index (κ2) is 5.47. The Morgan fingerprint density at radius 2 is 1.89 bits per heavy atom. The molecule has 0 saturated carbocycles. The molecule has 2 aromatic rings. The number of ether oxygens (including phenoxy) is 1. The second-order valence-corrected chi connectivity index (χ2v) is 4.41. The first-order chi connectivity index (χ1) is 8.99. The van der Waals surface area contributed by atoms with Gasteiger partial charge in [-0.1, -0.05) is 29.3 Å². The molecule has 1 N–H and O–H groups in total. The van der Waals surface area contributed by atoms with E-state index in [-0.39, 0.29) is 27.1 Å². The summed E-state index contributed by atoms with van der Waals surface area (Å²) in [5.74, 6) is -1.72. The van der Waals surface area contributed by atoms with E-state index in [1.165, 1.54) is 30.3 Å². The van der Waals surface area contributed by atoms with Crippen LogP contribution < -0.4 is 4.74 Å². The molecule has 6 heteroatoms. The normalized spacial score (nSPS) is 10.3. The Labute approximate surface area is 118 Å². The van der Waals surface area contributed by atoms with Crippen LogP contribution >= 0.6 is 23.2 Å². The molecule has 3 nitrogen and oxygen atoms in total. The zero-order valence-electron chi connectivity index (χ0n) is 9.36. The molecule has 2 aromatic carbocycles. The molecule has 0 heterocycles. The van der Waals surface area contributed by atoms with E-state index in [1.807, 2.05) is 0 Å². The third kappa shape index (κ3) is 2.97. The molecule has 0 spiro atoms. The van der Waals surface area contributed by atoms with Gasteiger partial charge >= 0.3 is 5.97 Å². The van der Waals surface area contributed by atoms with Crippen molar-refractivity contribution in [1.82, 2.24) is 0 Å². The van der Waals surface area contributed by atoms with Crippen LogP contribution in [-0.4, -0.2) is 11.1 Å². The van der Waals surface area contributed by atoms with Crippen molar-refractivity contribution >= 4 is 29.2 Å². The zero-order chi connectivity index (χ0) is 14.0. The molecule has 19 heavy (non-hydrogen) atoms. The first kappa shape index (κ1) is 13.6. The summed E-state index contributed by atoms with van der Waals surface area (Å²) in [6.45, 7) is 0. The molecule has 0 saturated heterocycles. The summed E-state index contributed by atoms with van der Waals surface area (Å²) in [6, 6.07) is 8.21. The van der Waals surface area contributed by atoms with Gasteiger partial charge < -0.3 is 9.84 Å². The Kier molecular flexibility index (Phi) is 3.93. The molecule has 0 radical (unpaired) electrons. The molecule has 0 aliphatic heterocycles. The summed E-state index contributed by atoms with van der Waals surface area (Å²) in [7, 11) is 0. The SMILES string of the molecule is O=C(O)c1c(Cl)cccc1Oc1ccc(Cl)c(F)c1. The Balaban J connectivity index is 2.40. The van der Waals surface area contributed by atoms with Gasteiger partial charge in [0.25, 0.3) is 0 Å². The lowest BCUT2D eigenvalue weighted by Gasteiger charge is -2.10. The summed E-state index contributed by atoms with van der Waals surface area (Å²) < 4.78 is 18.6. The molecule has 98 valence electrons. The van der Waals surface area contributed by atoms with Crippen molar-refractivity contribution in [3.63, 3.8) is 0 Å². The van der Waals surface area contributed by atoms with Crippen LogP contribution in [0.3, 0.4) is 0 Å². The minimum atomic E-state index is -1.23. The van der Waals surface area contributed by atoms with Gasteiger partial charge in [-0.15, -0.1) is 0 Å². The van der Waals surface area contributed by atoms with Gasteiger partial charge in [-0.25, -0.2) is 9.18 Å². The molecule has 0 bridgehead atoms. The van der Waals surface area contributed by atoms with E-state index < -0.39 is 11.8 Å². The molecular formula is C13H7Cl2FO3. The number of rotatable bonds is 3. The molecule has 0 aliphatic rings. The number of hydrogen-bond donors (Lipinski definition) is 1. The van der Waals surface area contributed by atoms with E-state index >= 15 is 0 Å². The van der Waals surface area contributed by atoms with E-state index in [0.29, 0.717) is 0 Å². The topological polar surface area (TPSA) is 46.5 Å². The predicted molar refractivity (Wildman–Crippen MR) is 69.9 cm³/mol. The van der Waals surface area contributed by atoms with E-state index in [9.17, 15) is 9.18 Å². The molecule has 0 amide bonds. The molecule has 0 atom stereocenters. The molecular weight excluding hydrogens is 294 g/mol. The maximum absolute atomic E-state index is 13.3. The van der Waals surface area contributed by atoms with E-state index in [4.69, 9.17) is 33.0 Å². The highest BCUT2D eigenvalue weighted by Crippen LogP contribution is 2.31. The molecule has 0 fully saturated rings. The van der Waals surface area contributed by atoms with Crippen LogP contribution in [0, 0.1) is 5.82 Å². The zero-order valence-corrected chi connectivity index (χ0v) is 10.9.